The minimum atomic E-state index is -0.729. The van der Waals surface area contributed by atoms with E-state index in [4.69, 9.17) is 0 Å². The molecule has 2 N–H and O–H groups in total. The summed E-state index contributed by atoms with van der Waals surface area (Å²) < 4.78 is 0. The summed E-state index contributed by atoms with van der Waals surface area (Å²) in [4.78, 5) is 53.4. The second kappa shape index (κ2) is 9.57. The third kappa shape index (κ3) is 4.88. The van der Waals surface area contributed by atoms with Gasteiger partial charge in [-0.25, -0.2) is 4.79 Å². The molecule has 2 saturated heterocycles. The molecule has 31 heavy (non-hydrogen) atoms. The van der Waals surface area contributed by atoms with Gasteiger partial charge in [-0.2, -0.15) is 0 Å². The van der Waals surface area contributed by atoms with E-state index < -0.39 is 5.54 Å². The van der Waals surface area contributed by atoms with Crippen LogP contribution in [0.25, 0.3) is 0 Å². The van der Waals surface area contributed by atoms with Crippen LogP contribution in [-0.4, -0.2) is 64.8 Å². The standard InChI is InChI=1S/C23H36N4O4/c28-19(11-16-27-21(30)23(25-22(27)31)12-5-2-6-13-23)26-14-9-18(10-15-26)24-20(29)17-7-3-1-4-8-17/h17-18H,1-16H2,(H,24,29)(H,25,31). The molecule has 172 valence electrons. The summed E-state index contributed by atoms with van der Waals surface area (Å²) in [6.07, 6.45) is 11.6. The number of carbonyl (C=O) groups is 4. The van der Waals surface area contributed by atoms with Gasteiger partial charge in [0.2, 0.25) is 11.8 Å². The first-order valence-corrected chi connectivity index (χ1v) is 12.2. The van der Waals surface area contributed by atoms with Gasteiger partial charge in [0.25, 0.3) is 5.91 Å². The van der Waals surface area contributed by atoms with Gasteiger partial charge in [-0.1, -0.05) is 38.5 Å². The molecule has 0 bridgehead atoms. The zero-order chi connectivity index (χ0) is 21.8. The molecule has 0 aromatic heterocycles. The van der Waals surface area contributed by atoms with E-state index in [1.54, 1.807) is 4.90 Å². The molecule has 4 fully saturated rings. The summed E-state index contributed by atoms with van der Waals surface area (Å²) in [6.45, 7) is 1.36. The Labute approximate surface area is 184 Å². The van der Waals surface area contributed by atoms with E-state index in [0.717, 1.165) is 57.8 Å². The second-order valence-corrected chi connectivity index (χ2v) is 9.78. The van der Waals surface area contributed by atoms with Gasteiger partial charge in [-0.3, -0.25) is 19.3 Å². The van der Waals surface area contributed by atoms with Gasteiger partial charge < -0.3 is 15.5 Å². The van der Waals surface area contributed by atoms with E-state index in [-0.39, 0.29) is 48.7 Å². The molecule has 8 nitrogen and oxygen atoms in total. The van der Waals surface area contributed by atoms with E-state index in [2.05, 4.69) is 10.6 Å². The Morgan fingerprint density at radius 1 is 0.935 bits per heavy atom. The maximum absolute atomic E-state index is 12.8. The first-order valence-electron chi connectivity index (χ1n) is 12.2. The number of piperidine rings is 1. The lowest BCUT2D eigenvalue weighted by atomic mass is 9.82. The van der Waals surface area contributed by atoms with Crippen molar-refractivity contribution in [2.75, 3.05) is 19.6 Å². The minimum absolute atomic E-state index is 0.0257. The Hall–Kier alpha value is -2.12. The predicted molar refractivity (Wildman–Crippen MR) is 115 cm³/mol. The van der Waals surface area contributed by atoms with E-state index in [9.17, 15) is 19.2 Å². The molecule has 2 aliphatic carbocycles. The second-order valence-electron chi connectivity index (χ2n) is 9.78. The average Bonchev–Trinajstić information content (AvgIpc) is 3.02. The number of carbonyl (C=O) groups excluding carboxylic acids is 4. The molecule has 0 atom stereocenters. The highest BCUT2D eigenvalue weighted by molar-refractivity contribution is 6.07. The quantitative estimate of drug-likeness (QED) is 0.652. The van der Waals surface area contributed by atoms with Crippen LogP contribution in [-0.2, 0) is 14.4 Å². The van der Waals surface area contributed by atoms with Gasteiger partial charge in [-0.15, -0.1) is 0 Å². The molecule has 1 spiro atoms. The van der Waals surface area contributed by atoms with Gasteiger partial charge in [0.1, 0.15) is 5.54 Å². The molecule has 5 amide bonds. The summed E-state index contributed by atoms with van der Waals surface area (Å²) in [7, 11) is 0. The van der Waals surface area contributed by atoms with E-state index in [1.807, 2.05) is 0 Å². The smallest absolute Gasteiger partial charge is 0.325 e. The van der Waals surface area contributed by atoms with Crippen molar-refractivity contribution in [3.63, 3.8) is 0 Å². The molecule has 4 rings (SSSR count). The van der Waals surface area contributed by atoms with Crippen molar-refractivity contribution in [2.45, 2.75) is 95.1 Å². The zero-order valence-electron chi connectivity index (χ0n) is 18.5. The number of likely N-dealkylation sites (tertiary alicyclic amines) is 1. The molecule has 0 aromatic carbocycles. The SMILES string of the molecule is O=C(NC1CCN(C(=O)CCN2C(=O)NC3(CCCCC3)C2=O)CC1)C1CCCCC1. The fourth-order valence-corrected chi connectivity index (χ4v) is 5.70. The highest BCUT2D eigenvalue weighted by Crippen LogP contribution is 2.33. The number of rotatable bonds is 5. The van der Waals surface area contributed by atoms with Gasteiger partial charge in [0, 0.05) is 38.0 Å². The van der Waals surface area contributed by atoms with Crippen LogP contribution in [0.3, 0.4) is 0 Å². The number of nitrogens with one attached hydrogen (secondary N) is 2. The number of nitrogens with zero attached hydrogens (tertiary/aromatic N) is 2. The summed E-state index contributed by atoms with van der Waals surface area (Å²) >= 11 is 0. The molecule has 0 unspecified atom stereocenters. The minimum Gasteiger partial charge on any atom is -0.353 e. The molecule has 0 radical (unpaired) electrons. The van der Waals surface area contributed by atoms with Crippen molar-refractivity contribution < 1.29 is 19.2 Å². The Morgan fingerprint density at radius 3 is 2.26 bits per heavy atom. The molecule has 0 aromatic rings. The fraction of sp³-hybridized carbons (Fsp3) is 0.826. The van der Waals surface area contributed by atoms with Crippen LogP contribution in [0, 0.1) is 5.92 Å². The van der Waals surface area contributed by atoms with Crippen molar-refractivity contribution in [3.8, 4) is 0 Å². The van der Waals surface area contributed by atoms with Crippen LogP contribution in [0.2, 0.25) is 0 Å². The zero-order valence-corrected chi connectivity index (χ0v) is 18.5. The lowest BCUT2D eigenvalue weighted by Gasteiger charge is -2.34. The lowest BCUT2D eigenvalue weighted by molar-refractivity contribution is -0.134. The molecule has 4 aliphatic rings. The summed E-state index contributed by atoms with van der Waals surface area (Å²) in [5, 5.41) is 6.08. The van der Waals surface area contributed by atoms with Crippen LogP contribution in [0.1, 0.15) is 83.5 Å². The Morgan fingerprint density at radius 2 is 1.58 bits per heavy atom. The Balaban J connectivity index is 1.20. The Kier molecular flexibility index (Phi) is 6.82. The lowest BCUT2D eigenvalue weighted by Crippen LogP contribution is -2.49. The fourth-order valence-electron chi connectivity index (χ4n) is 5.70. The normalized spacial score (nSPS) is 25.0. The number of imide groups is 1. The van der Waals surface area contributed by atoms with Crippen molar-refractivity contribution >= 4 is 23.8 Å². The molecule has 8 heteroatoms. The van der Waals surface area contributed by atoms with Crippen LogP contribution < -0.4 is 10.6 Å². The van der Waals surface area contributed by atoms with Gasteiger partial charge >= 0.3 is 6.03 Å². The summed E-state index contributed by atoms with van der Waals surface area (Å²) in [6, 6.07) is -0.223. The van der Waals surface area contributed by atoms with Gasteiger partial charge in [0.15, 0.2) is 0 Å². The molecular weight excluding hydrogens is 396 g/mol. The van der Waals surface area contributed by atoms with Crippen molar-refractivity contribution in [1.29, 1.82) is 0 Å². The summed E-state index contributed by atoms with van der Waals surface area (Å²) in [5.41, 5.74) is -0.729. The summed E-state index contributed by atoms with van der Waals surface area (Å²) in [5.74, 6) is 0.154. The van der Waals surface area contributed by atoms with Crippen LogP contribution in [0.4, 0.5) is 4.79 Å². The monoisotopic (exact) mass is 432 g/mol. The number of hydrogen-bond acceptors (Lipinski definition) is 4. The number of amides is 5. The molecule has 2 heterocycles. The van der Waals surface area contributed by atoms with E-state index in [0.29, 0.717) is 25.9 Å². The largest absolute Gasteiger partial charge is 0.353 e. The maximum Gasteiger partial charge on any atom is 0.325 e. The van der Waals surface area contributed by atoms with Gasteiger partial charge in [-0.05, 0) is 38.5 Å². The van der Waals surface area contributed by atoms with Crippen molar-refractivity contribution in [1.82, 2.24) is 20.4 Å². The number of hydrogen-bond donors (Lipinski definition) is 2. The van der Waals surface area contributed by atoms with Crippen molar-refractivity contribution in [3.05, 3.63) is 0 Å². The van der Waals surface area contributed by atoms with Crippen LogP contribution >= 0.6 is 0 Å². The molecule has 2 aliphatic heterocycles. The van der Waals surface area contributed by atoms with E-state index in [1.165, 1.54) is 11.3 Å². The first-order chi connectivity index (χ1) is 15.0. The number of urea groups is 1. The third-order valence-corrected chi connectivity index (χ3v) is 7.67. The van der Waals surface area contributed by atoms with Crippen molar-refractivity contribution in [2.24, 2.45) is 5.92 Å². The Bertz CT molecular complexity index is 704. The third-order valence-electron chi connectivity index (χ3n) is 7.67. The topological polar surface area (TPSA) is 98.8 Å². The van der Waals surface area contributed by atoms with Gasteiger partial charge in [0.05, 0.1) is 0 Å². The average molecular weight is 433 g/mol. The highest BCUT2D eigenvalue weighted by Gasteiger charge is 2.51. The maximum atomic E-state index is 12.8. The predicted octanol–water partition coefficient (Wildman–Crippen LogP) is 2.32. The van der Waals surface area contributed by atoms with Crippen LogP contribution in [0.15, 0.2) is 0 Å². The van der Waals surface area contributed by atoms with Crippen LogP contribution in [0.5, 0.6) is 0 Å². The highest BCUT2D eigenvalue weighted by atomic mass is 16.2. The molecular formula is C23H36N4O4. The first kappa shape index (κ1) is 22.1. The molecule has 2 saturated carbocycles. The van der Waals surface area contributed by atoms with E-state index >= 15 is 0 Å².